The predicted molar refractivity (Wildman–Crippen MR) is 69.5 cm³/mol. The maximum absolute atomic E-state index is 10.6. The molecular weight excluding hydrogens is 291 g/mol. The van der Waals surface area contributed by atoms with Crippen LogP contribution in [0.25, 0.3) is 0 Å². The summed E-state index contributed by atoms with van der Waals surface area (Å²) < 4.78 is 0.898. The highest BCUT2D eigenvalue weighted by Crippen LogP contribution is 2.22. The molecule has 1 aromatic carbocycles. The highest BCUT2D eigenvalue weighted by molar-refractivity contribution is 9.10. The number of hydrogen-bond donors (Lipinski definition) is 2. The molecule has 1 aromatic rings. The second kappa shape index (κ2) is 6.89. The molecule has 88 valence electrons. The molecule has 0 aliphatic heterocycles. The maximum atomic E-state index is 10.6. The van der Waals surface area contributed by atoms with Crippen LogP contribution in [-0.2, 0) is 11.3 Å². The van der Waals surface area contributed by atoms with Crippen LogP contribution in [-0.4, -0.2) is 19.0 Å². The molecule has 0 saturated carbocycles. The van der Waals surface area contributed by atoms with Gasteiger partial charge in [0.2, 0.25) is 5.91 Å². The molecule has 16 heavy (non-hydrogen) atoms. The molecule has 0 heterocycles. The average Bonchev–Trinajstić information content (AvgIpc) is 2.22. The molecule has 0 saturated heterocycles. The van der Waals surface area contributed by atoms with E-state index < -0.39 is 0 Å². The second-order valence-electron chi connectivity index (χ2n) is 3.41. The molecule has 0 aliphatic carbocycles. The smallest absolute Gasteiger partial charge is 0.216 e. The summed E-state index contributed by atoms with van der Waals surface area (Å²) in [6, 6.07) is 5.81. The number of amides is 1. The Morgan fingerprint density at radius 3 is 2.81 bits per heavy atom. The van der Waals surface area contributed by atoms with Crippen LogP contribution in [0.5, 0.6) is 0 Å². The summed E-state index contributed by atoms with van der Waals surface area (Å²) in [6.07, 6.45) is 0. The van der Waals surface area contributed by atoms with E-state index in [1.54, 1.807) is 0 Å². The number of carbonyl (C=O) groups excluding carboxylic acids is 1. The standard InChI is InChI=1S/C11H14BrClN2O/c1-8(16)15-5-4-14-7-9-2-3-11(13)10(12)6-9/h2-3,6,14H,4-5,7H2,1H3,(H,15,16). The molecule has 0 aromatic heterocycles. The second-order valence-corrected chi connectivity index (χ2v) is 4.67. The van der Waals surface area contributed by atoms with Crippen molar-refractivity contribution in [1.29, 1.82) is 0 Å². The first-order chi connectivity index (χ1) is 7.59. The van der Waals surface area contributed by atoms with E-state index in [1.807, 2.05) is 18.2 Å². The molecule has 5 heteroatoms. The Kier molecular flexibility index (Phi) is 5.80. The Labute approximate surface area is 109 Å². The minimum absolute atomic E-state index is 0.00367. The summed E-state index contributed by atoms with van der Waals surface area (Å²) in [5.41, 5.74) is 1.15. The first-order valence-corrected chi connectivity index (χ1v) is 6.16. The van der Waals surface area contributed by atoms with Gasteiger partial charge >= 0.3 is 0 Å². The predicted octanol–water partition coefficient (Wildman–Crippen LogP) is 2.33. The number of benzene rings is 1. The van der Waals surface area contributed by atoms with Gasteiger partial charge in [0.1, 0.15) is 0 Å². The van der Waals surface area contributed by atoms with E-state index in [1.165, 1.54) is 6.92 Å². The van der Waals surface area contributed by atoms with Gasteiger partial charge in [0, 0.05) is 31.0 Å². The van der Waals surface area contributed by atoms with Crippen molar-refractivity contribution in [3.63, 3.8) is 0 Å². The summed E-state index contributed by atoms with van der Waals surface area (Å²) in [6.45, 7) is 3.66. The van der Waals surface area contributed by atoms with E-state index in [4.69, 9.17) is 11.6 Å². The van der Waals surface area contributed by atoms with Gasteiger partial charge in [-0.05, 0) is 33.6 Å². The normalized spacial score (nSPS) is 10.2. The lowest BCUT2D eigenvalue weighted by Gasteiger charge is -2.06. The van der Waals surface area contributed by atoms with E-state index >= 15 is 0 Å². The van der Waals surface area contributed by atoms with Crippen molar-refractivity contribution in [1.82, 2.24) is 10.6 Å². The van der Waals surface area contributed by atoms with Gasteiger partial charge in [-0.1, -0.05) is 17.7 Å². The number of halogens is 2. The van der Waals surface area contributed by atoms with Gasteiger partial charge in [-0.2, -0.15) is 0 Å². The third-order valence-electron chi connectivity index (χ3n) is 1.99. The molecule has 0 radical (unpaired) electrons. The van der Waals surface area contributed by atoms with Crippen LogP contribution in [0.4, 0.5) is 0 Å². The van der Waals surface area contributed by atoms with Gasteiger partial charge in [0.25, 0.3) is 0 Å². The molecule has 3 nitrogen and oxygen atoms in total. The van der Waals surface area contributed by atoms with E-state index in [2.05, 4.69) is 26.6 Å². The quantitative estimate of drug-likeness (QED) is 0.820. The van der Waals surface area contributed by atoms with E-state index in [9.17, 15) is 4.79 Å². The lowest BCUT2D eigenvalue weighted by atomic mass is 10.2. The SMILES string of the molecule is CC(=O)NCCNCc1ccc(Cl)c(Br)c1. The van der Waals surface area contributed by atoms with Crippen LogP contribution < -0.4 is 10.6 Å². The Bertz CT molecular complexity index is 371. The van der Waals surface area contributed by atoms with Crippen molar-refractivity contribution < 1.29 is 4.79 Å². The van der Waals surface area contributed by atoms with Gasteiger partial charge < -0.3 is 10.6 Å². The zero-order chi connectivity index (χ0) is 12.0. The van der Waals surface area contributed by atoms with Crippen molar-refractivity contribution in [2.75, 3.05) is 13.1 Å². The van der Waals surface area contributed by atoms with Gasteiger partial charge in [0.15, 0.2) is 0 Å². The van der Waals surface area contributed by atoms with Crippen LogP contribution in [0.1, 0.15) is 12.5 Å². The number of carbonyl (C=O) groups is 1. The van der Waals surface area contributed by atoms with Crippen molar-refractivity contribution in [3.8, 4) is 0 Å². The molecule has 1 rings (SSSR count). The number of hydrogen-bond acceptors (Lipinski definition) is 2. The monoisotopic (exact) mass is 304 g/mol. The van der Waals surface area contributed by atoms with Crippen LogP contribution in [0.2, 0.25) is 5.02 Å². The Balaban J connectivity index is 2.27. The van der Waals surface area contributed by atoms with Crippen molar-refractivity contribution in [2.45, 2.75) is 13.5 Å². The fourth-order valence-corrected chi connectivity index (χ4v) is 1.75. The highest BCUT2D eigenvalue weighted by Gasteiger charge is 1.98. The van der Waals surface area contributed by atoms with Crippen molar-refractivity contribution in [2.24, 2.45) is 0 Å². The van der Waals surface area contributed by atoms with Gasteiger partial charge in [-0.15, -0.1) is 0 Å². The summed E-state index contributed by atoms with van der Waals surface area (Å²) in [5, 5.41) is 6.66. The molecule has 0 aliphatic rings. The van der Waals surface area contributed by atoms with Crippen molar-refractivity contribution >= 4 is 33.4 Å². The number of rotatable bonds is 5. The van der Waals surface area contributed by atoms with Crippen LogP contribution in [0.3, 0.4) is 0 Å². The first kappa shape index (κ1) is 13.5. The first-order valence-electron chi connectivity index (χ1n) is 4.98. The number of nitrogens with one attached hydrogen (secondary N) is 2. The topological polar surface area (TPSA) is 41.1 Å². The lowest BCUT2D eigenvalue weighted by Crippen LogP contribution is -2.29. The zero-order valence-electron chi connectivity index (χ0n) is 9.02. The largest absolute Gasteiger partial charge is 0.355 e. The molecule has 1 amide bonds. The summed E-state index contributed by atoms with van der Waals surface area (Å²) in [4.78, 5) is 10.6. The van der Waals surface area contributed by atoms with E-state index in [-0.39, 0.29) is 5.91 Å². The van der Waals surface area contributed by atoms with E-state index in [0.29, 0.717) is 11.6 Å². The summed E-state index contributed by atoms with van der Waals surface area (Å²) in [5.74, 6) is -0.00367. The molecule has 0 fully saturated rings. The lowest BCUT2D eigenvalue weighted by molar-refractivity contribution is -0.118. The van der Waals surface area contributed by atoms with E-state index in [0.717, 1.165) is 23.1 Å². The Hall–Kier alpha value is -0.580. The van der Waals surface area contributed by atoms with Gasteiger partial charge in [0.05, 0.1) is 5.02 Å². The fraction of sp³-hybridized carbons (Fsp3) is 0.364. The minimum Gasteiger partial charge on any atom is -0.355 e. The fourth-order valence-electron chi connectivity index (χ4n) is 1.21. The molecule has 0 spiro atoms. The summed E-state index contributed by atoms with van der Waals surface area (Å²) >= 11 is 9.26. The molecule has 0 unspecified atom stereocenters. The molecule has 0 bridgehead atoms. The zero-order valence-corrected chi connectivity index (χ0v) is 11.4. The third kappa shape index (κ3) is 4.96. The summed E-state index contributed by atoms with van der Waals surface area (Å²) in [7, 11) is 0. The van der Waals surface area contributed by atoms with Crippen molar-refractivity contribution in [3.05, 3.63) is 33.3 Å². The Morgan fingerprint density at radius 2 is 2.19 bits per heavy atom. The Morgan fingerprint density at radius 1 is 1.44 bits per heavy atom. The molecule has 2 N–H and O–H groups in total. The molecular formula is C11H14BrClN2O. The van der Waals surface area contributed by atoms with Crippen LogP contribution in [0.15, 0.2) is 22.7 Å². The molecule has 0 atom stereocenters. The maximum Gasteiger partial charge on any atom is 0.216 e. The van der Waals surface area contributed by atoms with Gasteiger partial charge in [-0.25, -0.2) is 0 Å². The van der Waals surface area contributed by atoms with Crippen LogP contribution in [0, 0.1) is 0 Å². The highest BCUT2D eigenvalue weighted by atomic mass is 79.9. The van der Waals surface area contributed by atoms with Crippen LogP contribution >= 0.6 is 27.5 Å². The minimum atomic E-state index is -0.00367. The third-order valence-corrected chi connectivity index (χ3v) is 3.20. The average molecular weight is 306 g/mol. The van der Waals surface area contributed by atoms with Gasteiger partial charge in [-0.3, -0.25) is 4.79 Å².